The molecule has 1 aliphatic heterocycles. The number of amides is 1. The molecular formula is C19H24FN3O5S. The number of halogens is 1. The zero-order chi connectivity index (χ0) is 21.6. The Labute approximate surface area is 168 Å². The molecule has 2 heterocycles. The maximum atomic E-state index is 14.4. The molecule has 0 fully saturated rings. The smallest absolute Gasteiger partial charge is 0.230 e. The summed E-state index contributed by atoms with van der Waals surface area (Å²) in [5, 5.41) is 10.3. The van der Waals surface area contributed by atoms with Crippen LogP contribution in [-0.2, 0) is 25.2 Å². The molecule has 1 amide bonds. The van der Waals surface area contributed by atoms with Crippen LogP contribution < -0.4 is 5.32 Å². The lowest BCUT2D eigenvalue weighted by molar-refractivity contribution is -0.124. The summed E-state index contributed by atoms with van der Waals surface area (Å²) in [6, 6.07) is 2.42. The monoisotopic (exact) mass is 425 g/mol. The fourth-order valence-electron chi connectivity index (χ4n) is 2.69. The van der Waals surface area contributed by atoms with E-state index in [4.69, 9.17) is 9.36 Å². The Morgan fingerprint density at radius 3 is 2.62 bits per heavy atom. The average Bonchev–Trinajstić information content (AvgIpc) is 3.18. The van der Waals surface area contributed by atoms with Crippen molar-refractivity contribution < 1.29 is 27.0 Å². The average molecular weight is 425 g/mol. The second kappa shape index (κ2) is 7.08. The fraction of sp³-hybridized carbons (Fsp3) is 0.526. The second-order valence-electron chi connectivity index (χ2n) is 8.42. The SMILES string of the molecule is CCC(C)(C)C(=O)Nc1cc2c(CS(=O)(=O)C3=NOC(C)(C)C3)noc2cc1F. The molecule has 0 atom stereocenters. The van der Waals surface area contributed by atoms with E-state index in [1.807, 2.05) is 6.92 Å². The highest BCUT2D eigenvalue weighted by Gasteiger charge is 2.37. The number of carbonyl (C=O) groups is 1. The molecule has 1 aromatic carbocycles. The third-order valence-electron chi connectivity index (χ3n) is 5.04. The van der Waals surface area contributed by atoms with Gasteiger partial charge in [-0.1, -0.05) is 31.1 Å². The number of fused-ring (bicyclic) bond motifs is 1. The third-order valence-corrected chi connectivity index (χ3v) is 6.63. The van der Waals surface area contributed by atoms with Gasteiger partial charge in [0.2, 0.25) is 15.7 Å². The zero-order valence-electron chi connectivity index (χ0n) is 17.0. The van der Waals surface area contributed by atoms with Crippen molar-refractivity contribution in [2.24, 2.45) is 10.6 Å². The van der Waals surface area contributed by atoms with Crippen molar-refractivity contribution in [1.82, 2.24) is 5.16 Å². The first kappa shape index (κ1) is 21.2. The first-order chi connectivity index (χ1) is 13.3. The quantitative estimate of drug-likeness (QED) is 0.781. The number of sulfone groups is 1. The van der Waals surface area contributed by atoms with Gasteiger partial charge >= 0.3 is 0 Å². The van der Waals surface area contributed by atoms with Gasteiger partial charge in [-0.25, -0.2) is 12.8 Å². The largest absolute Gasteiger partial charge is 0.389 e. The van der Waals surface area contributed by atoms with Crippen molar-refractivity contribution in [3.8, 4) is 0 Å². The number of oxime groups is 1. The van der Waals surface area contributed by atoms with E-state index in [9.17, 15) is 17.6 Å². The number of anilines is 1. The molecule has 0 saturated carbocycles. The summed E-state index contributed by atoms with van der Waals surface area (Å²) in [7, 11) is -3.80. The molecule has 0 aliphatic carbocycles. The number of nitrogens with one attached hydrogen (secondary N) is 1. The highest BCUT2D eigenvalue weighted by atomic mass is 32.2. The summed E-state index contributed by atoms with van der Waals surface area (Å²) in [6.07, 6.45) is 0.715. The molecule has 158 valence electrons. The molecule has 29 heavy (non-hydrogen) atoms. The molecule has 2 aromatic rings. The lowest BCUT2D eigenvalue weighted by atomic mass is 9.89. The summed E-state index contributed by atoms with van der Waals surface area (Å²) in [4.78, 5) is 17.5. The molecule has 0 saturated heterocycles. The van der Waals surface area contributed by atoms with E-state index in [0.717, 1.165) is 6.07 Å². The zero-order valence-corrected chi connectivity index (χ0v) is 17.8. The Hall–Kier alpha value is -2.49. The van der Waals surface area contributed by atoms with E-state index in [1.54, 1.807) is 27.7 Å². The molecule has 0 unspecified atom stereocenters. The molecule has 0 bridgehead atoms. The van der Waals surface area contributed by atoms with Crippen molar-refractivity contribution in [1.29, 1.82) is 0 Å². The second-order valence-corrected chi connectivity index (χ2v) is 10.4. The Morgan fingerprint density at radius 1 is 1.34 bits per heavy atom. The van der Waals surface area contributed by atoms with Gasteiger partial charge < -0.3 is 14.7 Å². The van der Waals surface area contributed by atoms with Gasteiger partial charge in [0, 0.05) is 23.3 Å². The van der Waals surface area contributed by atoms with E-state index in [0.29, 0.717) is 11.8 Å². The first-order valence-electron chi connectivity index (χ1n) is 9.22. The van der Waals surface area contributed by atoms with Crippen LogP contribution in [0.1, 0.15) is 53.2 Å². The van der Waals surface area contributed by atoms with Crippen LogP contribution in [0.2, 0.25) is 0 Å². The van der Waals surface area contributed by atoms with Gasteiger partial charge in [-0.2, -0.15) is 0 Å². The Balaban J connectivity index is 1.92. The maximum absolute atomic E-state index is 14.4. The van der Waals surface area contributed by atoms with Gasteiger partial charge in [-0.05, 0) is 26.3 Å². The molecule has 1 N–H and O–H groups in total. The number of hydrogen-bond acceptors (Lipinski definition) is 7. The van der Waals surface area contributed by atoms with E-state index in [1.165, 1.54) is 6.07 Å². The number of nitrogens with zero attached hydrogens (tertiary/aromatic N) is 2. The fourth-order valence-corrected chi connectivity index (χ4v) is 4.15. The van der Waals surface area contributed by atoms with Crippen LogP contribution in [0.25, 0.3) is 11.0 Å². The van der Waals surface area contributed by atoms with Gasteiger partial charge in [0.25, 0.3) is 0 Å². The molecule has 0 spiro atoms. The summed E-state index contributed by atoms with van der Waals surface area (Å²) >= 11 is 0. The molecule has 8 nitrogen and oxygen atoms in total. The van der Waals surface area contributed by atoms with Crippen molar-refractivity contribution in [2.45, 2.75) is 58.8 Å². The topological polar surface area (TPSA) is 111 Å². The lowest BCUT2D eigenvalue weighted by Gasteiger charge is -2.21. The number of rotatable bonds is 5. The van der Waals surface area contributed by atoms with Crippen LogP contribution >= 0.6 is 0 Å². The Kier molecular flexibility index (Phi) is 5.18. The van der Waals surface area contributed by atoms with Gasteiger partial charge in [-0.3, -0.25) is 4.79 Å². The van der Waals surface area contributed by atoms with Gasteiger partial charge in [0.1, 0.15) is 17.0 Å². The van der Waals surface area contributed by atoms with Gasteiger partial charge in [0.05, 0.1) is 5.69 Å². The summed E-state index contributed by atoms with van der Waals surface area (Å²) in [6.45, 7) is 8.84. The molecular weight excluding hydrogens is 401 g/mol. The first-order valence-corrected chi connectivity index (χ1v) is 10.9. The van der Waals surface area contributed by atoms with Crippen LogP contribution in [0.4, 0.5) is 10.1 Å². The van der Waals surface area contributed by atoms with Crippen LogP contribution in [-0.4, -0.2) is 30.1 Å². The number of aromatic nitrogens is 1. The minimum absolute atomic E-state index is 0.0615. The highest BCUT2D eigenvalue weighted by Crippen LogP contribution is 2.31. The highest BCUT2D eigenvalue weighted by molar-refractivity contribution is 8.05. The van der Waals surface area contributed by atoms with Crippen molar-refractivity contribution in [2.75, 3.05) is 5.32 Å². The summed E-state index contributed by atoms with van der Waals surface area (Å²) < 4.78 is 44.9. The normalized spacial score (nSPS) is 16.6. The minimum atomic E-state index is -3.80. The van der Waals surface area contributed by atoms with Crippen molar-refractivity contribution in [3.63, 3.8) is 0 Å². The van der Waals surface area contributed by atoms with Gasteiger partial charge in [-0.15, -0.1) is 0 Å². The van der Waals surface area contributed by atoms with E-state index in [-0.39, 0.29) is 34.3 Å². The number of benzene rings is 1. The predicted octanol–water partition coefficient (Wildman–Crippen LogP) is 3.77. The minimum Gasteiger partial charge on any atom is -0.389 e. The van der Waals surface area contributed by atoms with Crippen LogP contribution in [0.3, 0.4) is 0 Å². The van der Waals surface area contributed by atoms with Crippen LogP contribution in [0, 0.1) is 11.2 Å². The Bertz CT molecular complexity index is 1100. The molecule has 10 heteroatoms. The van der Waals surface area contributed by atoms with Crippen LogP contribution in [0.5, 0.6) is 0 Å². The van der Waals surface area contributed by atoms with Crippen LogP contribution in [0.15, 0.2) is 21.8 Å². The summed E-state index contributed by atoms with van der Waals surface area (Å²) in [5.41, 5.74) is -1.24. The van der Waals surface area contributed by atoms with Gasteiger partial charge in [0.15, 0.2) is 16.4 Å². The van der Waals surface area contributed by atoms with E-state index in [2.05, 4.69) is 15.6 Å². The molecule has 1 aliphatic rings. The van der Waals surface area contributed by atoms with E-state index >= 15 is 0 Å². The number of hydrogen-bond donors (Lipinski definition) is 1. The summed E-state index contributed by atoms with van der Waals surface area (Å²) in [5.74, 6) is -1.51. The van der Waals surface area contributed by atoms with Crippen molar-refractivity contribution >= 4 is 37.4 Å². The van der Waals surface area contributed by atoms with E-state index < -0.39 is 32.4 Å². The number of carbonyl (C=O) groups excluding carboxylic acids is 1. The maximum Gasteiger partial charge on any atom is 0.230 e. The predicted molar refractivity (Wildman–Crippen MR) is 107 cm³/mol. The van der Waals surface area contributed by atoms with Crippen molar-refractivity contribution in [3.05, 3.63) is 23.6 Å². The third kappa shape index (κ3) is 4.26. The lowest BCUT2D eigenvalue weighted by Crippen LogP contribution is -2.30. The molecule has 1 aromatic heterocycles. The standard InChI is InChI=1S/C19H24FN3O5S/c1-6-18(2,3)17(24)21-13-7-11-14(22-27-15(11)8-12(13)20)10-29(25,26)16-9-19(4,5)28-23-16/h7-8H,6,9-10H2,1-5H3,(H,21,24). The molecule has 0 radical (unpaired) electrons. The molecule has 3 rings (SSSR count). The Morgan fingerprint density at radius 2 is 2.03 bits per heavy atom.